The van der Waals surface area contributed by atoms with E-state index in [1.54, 1.807) is 11.8 Å². The highest BCUT2D eigenvalue weighted by atomic mass is 32.2. The number of pyridine rings is 1. The van der Waals surface area contributed by atoms with Crippen LogP contribution in [0.3, 0.4) is 0 Å². The Bertz CT molecular complexity index is 453. The van der Waals surface area contributed by atoms with Crippen molar-refractivity contribution >= 4 is 17.6 Å². The molecule has 4 heteroatoms. The van der Waals surface area contributed by atoms with Crippen LogP contribution in [-0.2, 0) is 0 Å². The fraction of sp³-hybridized carbons (Fsp3) is 0.538. The molecule has 1 aromatic heterocycles. The normalized spacial score (nSPS) is 15.3. The molecular weight excluding hydrogens is 230 g/mol. The molecule has 2 rings (SSSR count). The summed E-state index contributed by atoms with van der Waals surface area (Å²) in [6.45, 7) is 8.52. The number of thioether (sulfide) groups is 1. The van der Waals surface area contributed by atoms with Crippen LogP contribution in [-0.4, -0.2) is 22.8 Å². The van der Waals surface area contributed by atoms with Crippen molar-refractivity contribution in [3.05, 3.63) is 17.8 Å². The van der Waals surface area contributed by atoms with Gasteiger partial charge in [0.15, 0.2) is 0 Å². The molecule has 0 atom stereocenters. The Kier molecular flexibility index (Phi) is 3.30. The lowest BCUT2D eigenvalue weighted by Gasteiger charge is -2.32. The second kappa shape index (κ2) is 4.58. The van der Waals surface area contributed by atoms with E-state index in [0.717, 1.165) is 23.8 Å². The Balaban J connectivity index is 2.25. The SMILES string of the molecule is CC(C)(C)Sc1cnc(N2CCC2)c(C#N)c1. The maximum absolute atomic E-state index is 9.18. The van der Waals surface area contributed by atoms with Crippen molar-refractivity contribution in [3.8, 4) is 6.07 Å². The highest BCUT2D eigenvalue weighted by Crippen LogP contribution is 2.33. The average molecular weight is 247 g/mol. The van der Waals surface area contributed by atoms with Gasteiger partial charge in [-0.3, -0.25) is 0 Å². The average Bonchev–Trinajstić information content (AvgIpc) is 2.15. The highest BCUT2D eigenvalue weighted by molar-refractivity contribution is 8.00. The number of nitriles is 1. The number of rotatable bonds is 2. The van der Waals surface area contributed by atoms with Crippen LogP contribution < -0.4 is 4.90 Å². The minimum absolute atomic E-state index is 0.146. The molecule has 2 heterocycles. The van der Waals surface area contributed by atoms with Crippen molar-refractivity contribution in [3.63, 3.8) is 0 Å². The Morgan fingerprint density at radius 3 is 2.59 bits per heavy atom. The quantitative estimate of drug-likeness (QED) is 0.753. The molecule has 1 aliphatic heterocycles. The molecule has 17 heavy (non-hydrogen) atoms. The van der Waals surface area contributed by atoms with Gasteiger partial charge in [-0.2, -0.15) is 5.26 Å². The fourth-order valence-corrected chi connectivity index (χ4v) is 2.70. The molecule has 0 saturated carbocycles. The molecule has 0 unspecified atom stereocenters. The third kappa shape index (κ3) is 2.92. The molecule has 0 spiro atoms. The number of hydrogen-bond acceptors (Lipinski definition) is 4. The zero-order valence-corrected chi connectivity index (χ0v) is 11.3. The minimum atomic E-state index is 0.146. The molecule has 0 amide bonds. The molecule has 0 N–H and O–H groups in total. The molecule has 0 bridgehead atoms. The summed E-state index contributed by atoms with van der Waals surface area (Å²) in [5, 5.41) is 9.18. The van der Waals surface area contributed by atoms with Gasteiger partial charge in [0, 0.05) is 28.9 Å². The summed E-state index contributed by atoms with van der Waals surface area (Å²) < 4.78 is 0.146. The van der Waals surface area contributed by atoms with Gasteiger partial charge in [-0.05, 0) is 12.5 Å². The largest absolute Gasteiger partial charge is 0.355 e. The van der Waals surface area contributed by atoms with Crippen molar-refractivity contribution in [1.82, 2.24) is 4.98 Å². The van der Waals surface area contributed by atoms with E-state index in [4.69, 9.17) is 0 Å². The summed E-state index contributed by atoms with van der Waals surface area (Å²) in [4.78, 5) is 7.66. The lowest BCUT2D eigenvalue weighted by atomic mass is 10.2. The first-order valence-electron chi connectivity index (χ1n) is 5.84. The number of anilines is 1. The zero-order valence-electron chi connectivity index (χ0n) is 10.5. The van der Waals surface area contributed by atoms with Crippen molar-refractivity contribution in [2.75, 3.05) is 18.0 Å². The molecular formula is C13H17N3S. The van der Waals surface area contributed by atoms with E-state index in [1.807, 2.05) is 12.3 Å². The van der Waals surface area contributed by atoms with Gasteiger partial charge in [0.05, 0.1) is 5.56 Å². The maximum atomic E-state index is 9.18. The van der Waals surface area contributed by atoms with Crippen LogP contribution >= 0.6 is 11.8 Å². The maximum Gasteiger partial charge on any atom is 0.146 e. The van der Waals surface area contributed by atoms with Gasteiger partial charge in [-0.15, -0.1) is 11.8 Å². The summed E-state index contributed by atoms with van der Waals surface area (Å²) in [7, 11) is 0. The van der Waals surface area contributed by atoms with Crippen LogP contribution in [0.1, 0.15) is 32.8 Å². The van der Waals surface area contributed by atoms with Gasteiger partial charge in [0.2, 0.25) is 0 Å². The first-order chi connectivity index (χ1) is 7.99. The molecule has 1 saturated heterocycles. The Hall–Kier alpha value is -1.21. The summed E-state index contributed by atoms with van der Waals surface area (Å²) in [5.74, 6) is 0.844. The lowest BCUT2D eigenvalue weighted by molar-refractivity contribution is 0.608. The first-order valence-corrected chi connectivity index (χ1v) is 6.65. The lowest BCUT2D eigenvalue weighted by Crippen LogP contribution is -2.38. The summed E-state index contributed by atoms with van der Waals surface area (Å²) in [5.41, 5.74) is 0.693. The Morgan fingerprint density at radius 2 is 2.12 bits per heavy atom. The molecule has 1 aliphatic rings. The first kappa shape index (κ1) is 12.3. The fourth-order valence-electron chi connectivity index (χ4n) is 1.71. The van der Waals surface area contributed by atoms with Crippen LogP contribution in [0.5, 0.6) is 0 Å². The van der Waals surface area contributed by atoms with Crippen molar-refractivity contribution < 1.29 is 0 Å². The van der Waals surface area contributed by atoms with E-state index >= 15 is 0 Å². The summed E-state index contributed by atoms with van der Waals surface area (Å²) in [6, 6.07) is 4.21. The molecule has 3 nitrogen and oxygen atoms in total. The van der Waals surface area contributed by atoms with Crippen molar-refractivity contribution in [1.29, 1.82) is 5.26 Å². The van der Waals surface area contributed by atoms with Crippen molar-refractivity contribution in [2.45, 2.75) is 36.8 Å². The van der Waals surface area contributed by atoms with Crippen LogP contribution in [0.15, 0.2) is 17.2 Å². The summed E-state index contributed by atoms with van der Waals surface area (Å²) >= 11 is 1.74. The molecule has 90 valence electrons. The van der Waals surface area contributed by atoms with E-state index in [2.05, 4.69) is 36.7 Å². The zero-order chi connectivity index (χ0) is 12.5. The third-order valence-electron chi connectivity index (χ3n) is 2.54. The smallest absolute Gasteiger partial charge is 0.146 e. The van der Waals surface area contributed by atoms with Gasteiger partial charge in [-0.25, -0.2) is 4.98 Å². The van der Waals surface area contributed by atoms with Gasteiger partial charge in [0.25, 0.3) is 0 Å². The van der Waals surface area contributed by atoms with Gasteiger partial charge in [-0.1, -0.05) is 20.8 Å². The Morgan fingerprint density at radius 1 is 1.41 bits per heavy atom. The third-order valence-corrected chi connectivity index (χ3v) is 3.61. The van der Waals surface area contributed by atoms with Crippen LogP contribution in [0.4, 0.5) is 5.82 Å². The van der Waals surface area contributed by atoms with E-state index in [1.165, 1.54) is 6.42 Å². The van der Waals surface area contributed by atoms with Crippen molar-refractivity contribution in [2.24, 2.45) is 0 Å². The predicted octanol–water partition coefficient (Wildman–Crippen LogP) is 3.05. The molecule has 1 fully saturated rings. The second-order valence-corrected chi connectivity index (χ2v) is 7.11. The number of hydrogen-bond donors (Lipinski definition) is 0. The van der Waals surface area contributed by atoms with Gasteiger partial charge in [0.1, 0.15) is 11.9 Å². The van der Waals surface area contributed by atoms with Gasteiger partial charge >= 0.3 is 0 Å². The standard InChI is InChI=1S/C13H17N3S/c1-13(2,3)17-11-7-10(8-14)12(15-9-11)16-5-4-6-16/h7,9H,4-6H2,1-3H3. The van der Waals surface area contributed by atoms with Crippen LogP contribution in [0.2, 0.25) is 0 Å². The molecule has 0 aromatic carbocycles. The monoisotopic (exact) mass is 247 g/mol. The molecule has 1 aromatic rings. The van der Waals surface area contributed by atoms with E-state index in [0.29, 0.717) is 5.56 Å². The van der Waals surface area contributed by atoms with Gasteiger partial charge < -0.3 is 4.90 Å². The Labute approximate surface area is 107 Å². The minimum Gasteiger partial charge on any atom is -0.355 e. The molecule has 0 radical (unpaired) electrons. The topological polar surface area (TPSA) is 39.9 Å². The van der Waals surface area contributed by atoms with Crippen LogP contribution in [0.25, 0.3) is 0 Å². The highest BCUT2D eigenvalue weighted by Gasteiger charge is 2.20. The second-order valence-electron chi connectivity index (χ2n) is 5.21. The van der Waals surface area contributed by atoms with E-state index in [9.17, 15) is 5.26 Å². The molecule has 0 aliphatic carbocycles. The predicted molar refractivity (Wildman–Crippen MR) is 71.4 cm³/mol. The number of aromatic nitrogens is 1. The van der Waals surface area contributed by atoms with Crippen LogP contribution in [0, 0.1) is 11.3 Å². The van der Waals surface area contributed by atoms with E-state index in [-0.39, 0.29) is 4.75 Å². The number of nitrogens with zero attached hydrogens (tertiary/aromatic N) is 3. The van der Waals surface area contributed by atoms with E-state index < -0.39 is 0 Å². The summed E-state index contributed by atoms with van der Waals surface area (Å²) in [6.07, 6.45) is 3.08.